The number of rotatable bonds is 4. The Morgan fingerprint density at radius 2 is 2.00 bits per heavy atom. The van der Waals surface area contributed by atoms with Crippen LogP contribution >= 0.6 is 15.9 Å². The fourth-order valence-electron chi connectivity index (χ4n) is 2.19. The van der Waals surface area contributed by atoms with Crippen molar-refractivity contribution in [2.45, 2.75) is 19.9 Å². The third-order valence-corrected chi connectivity index (χ3v) is 3.72. The summed E-state index contributed by atoms with van der Waals surface area (Å²) in [7, 11) is 0. The van der Waals surface area contributed by atoms with Crippen molar-refractivity contribution in [3.63, 3.8) is 0 Å². The van der Waals surface area contributed by atoms with Crippen LogP contribution < -0.4 is 5.56 Å². The molecule has 0 aliphatic heterocycles. The first-order valence-electron chi connectivity index (χ1n) is 6.65. The second kappa shape index (κ2) is 6.31. The lowest BCUT2D eigenvalue weighted by Gasteiger charge is -2.25. The molecule has 1 aromatic heterocycles. The van der Waals surface area contributed by atoms with Crippen molar-refractivity contribution in [3.05, 3.63) is 44.7 Å². The van der Waals surface area contributed by atoms with Gasteiger partial charge in [-0.15, -0.1) is 0 Å². The minimum Gasteiger partial charge on any atom is -0.480 e. The number of carboxylic acid groups (broad SMARTS) is 1. The largest absolute Gasteiger partial charge is 0.480 e. The van der Waals surface area contributed by atoms with Gasteiger partial charge in [0.25, 0.3) is 5.91 Å². The second-order valence-electron chi connectivity index (χ2n) is 5.16. The van der Waals surface area contributed by atoms with Crippen LogP contribution in [-0.4, -0.2) is 39.5 Å². The van der Waals surface area contributed by atoms with Crippen LogP contribution in [0.15, 0.2) is 33.5 Å². The highest BCUT2D eigenvalue weighted by molar-refractivity contribution is 9.10. The van der Waals surface area contributed by atoms with Gasteiger partial charge in [-0.25, -0.2) is 0 Å². The third-order valence-electron chi connectivity index (χ3n) is 3.23. The summed E-state index contributed by atoms with van der Waals surface area (Å²) in [6, 6.07) is 6.06. The molecule has 0 atom stereocenters. The van der Waals surface area contributed by atoms with Crippen LogP contribution in [0.1, 0.15) is 24.2 Å². The molecular formula is C15H15BrN2O4. The summed E-state index contributed by atoms with van der Waals surface area (Å²) in [5, 5.41) is 9.54. The number of fused-ring (bicyclic) bond motifs is 1. The van der Waals surface area contributed by atoms with Gasteiger partial charge in [0.1, 0.15) is 6.54 Å². The SMILES string of the molecule is CC(C)N(CC(=O)O)C(=O)c1cc(=O)[nH]c2ccc(Br)cc12. The molecule has 0 saturated heterocycles. The number of H-pyrrole nitrogens is 1. The van der Waals surface area contributed by atoms with E-state index < -0.39 is 24.0 Å². The van der Waals surface area contributed by atoms with Crippen LogP contribution in [0.4, 0.5) is 0 Å². The first-order chi connectivity index (χ1) is 10.3. The molecule has 116 valence electrons. The summed E-state index contributed by atoms with van der Waals surface area (Å²) in [6.45, 7) is 3.04. The standard InChI is InChI=1S/C15H15BrN2O4/c1-8(2)18(7-14(20)21)15(22)11-6-13(19)17-12-4-3-9(16)5-10(11)12/h3-6,8H,7H2,1-2H3,(H,17,19)(H,20,21). The van der Waals surface area contributed by atoms with Crippen LogP contribution in [-0.2, 0) is 4.79 Å². The molecule has 22 heavy (non-hydrogen) atoms. The zero-order chi connectivity index (χ0) is 16.4. The number of carbonyl (C=O) groups excluding carboxylic acids is 1. The zero-order valence-corrected chi connectivity index (χ0v) is 13.7. The molecule has 2 N–H and O–H groups in total. The van der Waals surface area contributed by atoms with Crippen molar-refractivity contribution in [1.82, 2.24) is 9.88 Å². The smallest absolute Gasteiger partial charge is 0.323 e. The van der Waals surface area contributed by atoms with Crippen molar-refractivity contribution in [2.75, 3.05) is 6.54 Å². The predicted octanol–water partition coefficient (Wildman–Crippen LogP) is 2.23. The normalized spacial score (nSPS) is 10.9. The summed E-state index contributed by atoms with van der Waals surface area (Å²) in [5.74, 6) is -1.58. The monoisotopic (exact) mass is 366 g/mol. The van der Waals surface area contributed by atoms with Gasteiger partial charge in [0.2, 0.25) is 5.56 Å². The quantitative estimate of drug-likeness (QED) is 0.867. The number of aromatic nitrogens is 1. The van der Waals surface area contributed by atoms with Crippen LogP contribution in [0.3, 0.4) is 0 Å². The van der Waals surface area contributed by atoms with E-state index >= 15 is 0 Å². The summed E-state index contributed by atoms with van der Waals surface area (Å²) >= 11 is 3.33. The maximum absolute atomic E-state index is 12.7. The van der Waals surface area contributed by atoms with Gasteiger partial charge in [-0.3, -0.25) is 14.4 Å². The van der Waals surface area contributed by atoms with Gasteiger partial charge in [-0.05, 0) is 32.0 Å². The summed E-state index contributed by atoms with van der Waals surface area (Å²) in [5.41, 5.74) is 0.310. The number of nitrogens with zero attached hydrogens (tertiary/aromatic N) is 1. The lowest BCUT2D eigenvalue weighted by Crippen LogP contribution is -2.41. The number of aliphatic carboxylic acids is 1. The second-order valence-corrected chi connectivity index (χ2v) is 6.07. The van der Waals surface area contributed by atoms with Crippen LogP contribution in [0.2, 0.25) is 0 Å². The Bertz CT molecular complexity index is 798. The van der Waals surface area contributed by atoms with Crippen molar-refractivity contribution >= 4 is 38.7 Å². The molecule has 1 heterocycles. The average molecular weight is 367 g/mol. The molecular weight excluding hydrogens is 352 g/mol. The molecule has 0 spiro atoms. The topological polar surface area (TPSA) is 90.5 Å². The Balaban J connectivity index is 2.61. The average Bonchev–Trinajstić information content (AvgIpc) is 2.43. The van der Waals surface area contributed by atoms with Gasteiger partial charge < -0.3 is 15.0 Å². The number of hydrogen-bond donors (Lipinski definition) is 2. The van der Waals surface area contributed by atoms with Crippen molar-refractivity contribution in [1.29, 1.82) is 0 Å². The minimum absolute atomic E-state index is 0.190. The Morgan fingerprint density at radius 3 is 2.59 bits per heavy atom. The number of pyridine rings is 1. The van der Waals surface area contributed by atoms with Crippen LogP contribution in [0, 0.1) is 0 Å². The number of amides is 1. The first kappa shape index (κ1) is 16.2. The van der Waals surface area contributed by atoms with Gasteiger partial charge in [-0.2, -0.15) is 0 Å². The van der Waals surface area contributed by atoms with E-state index in [4.69, 9.17) is 5.11 Å². The molecule has 0 bridgehead atoms. The number of carbonyl (C=O) groups is 2. The summed E-state index contributed by atoms with van der Waals surface area (Å²) in [4.78, 5) is 39.3. The van der Waals surface area contributed by atoms with Gasteiger partial charge in [-0.1, -0.05) is 15.9 Å². The summed E-state index contributed by atoms with van der Waals surface area (Å²) < 4.78 is 0.760. The van der Waals surface area contributed by atoms with E-state index in [2.05, 4.69) is 20.9 Å². The fourth-order valence-corrected chi connectivity index (χ4v) is 2.55. The molecule has 7 heteroatoms. The minimum atomic E-state index is -1.10. The van der Waals surface area contributed by atoms with Gasteiger partial charge in [0.15, 0.2) is 0 Å². The number of aromatic amines is 1. The molecule has 0 unspecified atom stereocenters. The Labute approximate surface area is 134 Å². The third kappa shape index (κ3) is 3.36. The summed E-state index contributed by atoms with van der Waals surface area (Å²) in [6.07, 6.45) is 0. The number of nitrogens with one attached hydrogen (secondary N) is 1. The highest BCUT2D eigenvalue weighted by Crippen LogP contribution is 2.22. The van der Waals surface area contributed by atoms with E-state index in [1.807, 2.05) is 0 Å². The van der Waals surface area contributed by atoms with Crippen molar-refractivity contribution in [3.8, 4) is 0 Å². The highest BCUT2D eigenvalue weighted by Gasteiger charge is 2.23. The molecule has 2 aromatic rings. The van der Waals surface area contributed by atoms with E-state index in [-0.39, 0.29) is 11.6 Å². The molecule has 0 fully saturated rings. The van der Waals surface area contributed by atoms with Gasteiger partial charge in [0.05, 0.1) is 5.56 Å². The molecule has 6 nitrogen and oxygen atoms in total. The van der Waals surface area contributed by atoms with Gasteiger partial charge in [0, 0.05) is 27.5 Å². The van der Waals surface area contributed by atoms with Crippen molar-refractivity contribution in [2.24, 2.45) is 0 Å². The molecule has 0 radical (unpaired) electrons. The number of hydrogen-bond acceptors (Lipinski definition) is 3. The number of halogens is 1. The molecule has 0 aliphatic carbocycles. The van der Waals surface area contributed by atoms with Crippen LogP contribution in [0.25, 0.3) is 10.9 Å². The maximum Gasteiger partial charge on any atom is 0.323 e. The molecule has 0 saturated carbocycles. The maximum atomic E-state index is 12.7. The molecule has 0 aliphatic rings. The number of carboxylic acids is 1. The first-order valence-corrected chi connectivity index (χ1v) is 7.44. The lowest BCUT2D eigenvalue weighted by atomic mass is 10.1. The van der Waals surface area contributed by atoms with E-state index in [0.717, 1.165) is 4.47 Å². The fraction of sp³-hybridized carbons (Fsp3) is 0.267. The van der Waals surface area contributed by atoms with E-state index in [0.29, 0.717) is 10.9 Å². The van der Waals surface area contributed by atoms with E-state index in [1.54, 1.807) is 32.0 Å². The number of benzene rings is 1. The lowest BCUT2D eigenvalue weighted by molar-refractivity contribution is -0.138. The van der Waals surface area contributed by atoms with E-state index in [1.165, 1.54) is 11.0 Å². The predicted molar refractivity (Wildman–Crippen MR) is 86.1 cm³/mol. The Hall–Kier alpha value is -2.15. The Kier molecular flexibility index (Phi) is 4.65. The molecule has 2 rings (SSSR count). The zero-order valence-electron chi connectivity index (χ0n) is 12.1. The van der Waals surface area contributed by atoms with Crippen molar-refractivity contribution < 1.29 is 14.7 Å². The van der Waals surface area contributed by atoms with E-state index in [9.17, 15) is 14.4 Å². The molecule has 1 amide bonds. The van der Waals surface area contributed by atoms with Crippen LogP contribution in [0.5, 0.6) is 0 Å². The molecule has 1 aromatic carbocycles. The van der Waals surface area contributed by atoms with Gasteiger partial charge >= 0.3 is 5.97 Å². The highest BCUT2D eigenvalue weighted by atomic mass is 79.9. The Morgan fingerprint density at radius 1 is 1.32 bits per heavy atom.